The monoisotopic (exact) mass is 276 g/mol. The van der Waals surface area contributed by atoms with E-state index < -0.39 is 0 Å². The van der Waals surface area contributed by atoms with Crippen LogP contribution in [0.1, 0.15) is 25.3 Å². The molecule has 1 heterocycles. The zero-order valence-corrected chi connectivity index (χ0v) is 12.8. The molecule has 3 heteroatoms. The van der Waals surface area contributed by atoms with Gasteiger partial charge in [0, 0.05) is 32.3 Å². The van der Waals surface area contributed by atoms with Crippen molar-refractivity contribution >= 4 is 0 Å². The standard InChI is InChI=1S/C17H28N2O/c1-15(17-9-6-12-20-14-17)18-10-11-19(2)13-16-7-4-3-5-8-16/h3-5,7-8,15,17-18H,6,9-14H2,1-2H3. The average Bonchev–Trinajstić information content (AvgIpc) is 2.49. The van der Waals surface area contributed by atoms with Gasteiger partial charge in [0.25, 0.3) is 0 Å². The number of nitrogens with one attached hydrogen (secondary N) is 1. The van der Waals surface area contributed by atoms with Crippen LogP contribution in [0.2, 0.25) is 0 Å². The van der Waals surface area contributed by atoms with Crippen molar-refractivity contribution < 1.29 is 4.74 Å². The lowest BCUT2D eigenvalue weighted by Crippen LogP contribution is -2.41. The van der Waals surface area contributed by atoms with Gasteiger partial charge in [0.1, 0.15) is 0 Å². The number of rotatable bonds is 7. The van der Waals surface area contributed by atoms with Crippen molar-refractivity contribution in [3.8, 4) is 0 Å². The molecular formula is C17H28N2O. The number of likely N-dealkylation sites (N-methyl/N-ethyl adjacent to an activating group) is 1. The maximum Gasteiger partial charge on any atom is 0.0509 e. The molecule has 1 saturated heterocycles. The Morgan fingerprint density at radius 3 is 2.85 bits per heavy atom. The van der Waals surface area contributed by atoms with Crippen LogP contribution in [0.15, 0.2) is 30.3 Å². The summed E-state index contributed by atoms with van der Waals surface area (Å²) < 4.78 is 5.56. The second-order valence-corrected chi connectivity index (χ2v) is 5.94. The molecule has 0 saturated carbocycles. The van der Waals surface area contributed by atoms with Gasteiger partial charge in [0.05, 0.1) is 6.61 Å². The highest BCUT2D eigenvalue weighted by Gasteiger charge is 2.19. The van der Waals surface area contributed by atoms with Gasteiger partial charge < -0.3 is 15.0 Å². The highest BCUT2D eigenvalue weighted by atomic mass is 16.5. The quantitative estimate of drug-likeness (QED) is 0.828. The van der Waals surface area contributed by atoms with Gasteiger partial charge in [-0.25, -0.2) is 0 Å². The molecule has 1 aromatic rings. The van der Waals surface area contributed by atoms with Gasteiger partial charge in [-0.1, -0.05) is 30.3 Å². The molecule has 2 atom stereocenters. The lowest BCUT2D eigenvalue weighted by Gasteiger charge is -2.29. The minimum Gasteiger partial charge on any atom is -0.381 e. The van der Waals surface area contributed by atoms with Crippen LogP contribution in [0.4, 0.5) is 0 Å². The largest absolute Gasteiger partial charge is 0.381 e. The zero-order chi connectivity index (χ0) is 14.2. The van der Waals surface area contributed by atoms with E-state index in [9.17, 15) is 0 Å². The van der Waals surface area contributed by atoms with Crippen LogP contribution < -0.4 is 5.32 Å². The number of ether oxygens (including phenoxy) is 1. The maximum atomic E-state index is 5.56. The minimum atomic E-state index is 0.556. The SMILES string of the molecule is CC(NCCN(C)Cc1ccccc1)C1CCCOC1. The first-order chi connectivity index (χ1) is 9.75. The summed E-state index contributed by atoms with van der Waals surface area (Å²) in [5.74, 6) is 0.683. The second-order valence-electron chi connectivity index (χ2n) is 5.94. The lowest BCUT2D eigenvalue weighted by molar-refractivity contribution is 0.0417. The van der Waals surface area contributed by atoms with Gasteiger partial charge in [-0.15, -0.1) is 0 Å². The summed E-state index contributed by atoms with van der Waals surface area (Å²) in [4.78, 5) is 2.37. The molecule has 1 aliphatic rings. The highest BCUT2D eigenvalue weighted by molar-refractivity contribution is 5.14. The summed E-state index contributed by atoms with van der Waals surface area (Å²) in [5.41, 5.74) is 1.38. The third-order valence-electron chi connectivity index (χ3n) is 4.16. The smallest absolute Gasteiger partial charge is 0.0509 e. The highest BCUT2D eigenvalue weighted by Crippen LogP contribution is 2.16. The number of benzene rings is 1. The number of hydrogen-bond acceptors (Lipinski definition) is 3. The first-order valence-electron chi connectivity index (χ1n) is 7.79. The Kier molecular flexibility index (Phi) is 6.51. The van der Waals surface area contributed by atoms with E-state index in [2.05, 4.69) is 54.5 Å². The predicted octanol–water partition coefficient (Wildman–Crippen LogP) is 2.52. The molecule has 2 rings (SSSR count). The minimum absolute atomic E-state index is 0.556. The van der Waals surface area contributed by atoms with Crippen molar-refractivity contribution in [2.75, 3.05) is 33.4 Å². The normalized spacial score (nSPS) is 21.1. The summed E-state index contributed by atoms with van der Waals surface area (Å²) in [6.07, 6.45) is 2.51. The van der Waals surface area contributed by atoms with Crippen molar-refractivity contribution in [3.63, 3.8) is 0 Å². The van der Waals surface area contributed by atoms with Crippen molar-refractivity contribution in [3.05, 3.63) is 35.9 Å². The Morgan fingerprint density at radius 2 is 2.15 bits per heavy atom. The average molecular weight is 276 g/mol. The third kappa shape index (κ3) is 5.23. The van der Waals surface area contributed by atoms with Crippen LogP contribution >= 0.6 is 0 Å². The second kappa shape index (κ2) is 8.40. The maximum absolute atomic E-state index is 5.56. The van der Waals surface area contributed by atoms with Gasteiger partial charge >= 0.3 is 0 Å². The Labute approximate surface area is 123 Å². The molecule has 0 amide bonds. The number of nitrogens with zero attached hydrogens (tertiary/aromatic N) is 1. The molecule has 0 radical (unpaired) electrons. The molecular weight excluding hydrogens is 248 g/mol. The van der Waals surface area contributed by atoms with E-state index in [1.54, 1.807) is 0 Å². The molecule has 112 valence electrons. The van der Waals surface area contributed by atoms with E-state index in [1.165, 1.54) is 18.4 Å². The van der Waals surface area contributed by atoms with Crippen LogP contribution in [0.25, 0.3) is 0 Å². The van der Waals surface area contributed by atoms with Gasteiger partial charge in [0.15, 0.2) is 0 Å². The molecule has 1 N–H and O–H groups in total. The lowest BCUT2D eigenvalue weighted by atomic mass is 9.95. The van der Waals surface area contributed by atoms with Crippen molar-refractivity contribution in [2.24, 2.45) is 5.92 Å². The summed E-state index contributed by atoms with van der Waals surface area (Å²) in [7, 11) is 2.18. The predicted molar refractivity (Wildman–Crippen MR) is 83.8 cm³/mol. The van der Waals surface area contributed by atoms with E-state index >= 15 is 0 Å². The first-order valence-corrected chi connectivity index (χ1v) is 7.79. The fraction of sp³-hybridized carbons (Fsp3) is 0.647. The summed E-state index contributed by atoms with van der Waals surface area (Å²) in [6.45, 7) is 7.30. The Morgan fingerprint density at radius 1 is 1.35 bits per heavy atom. The summed E-state index contributed by atoms with van der Waals surface area (Å²) in [5, 5.41) is 3.65. The fourth-order valence-electron chi connectivity index (χ4n) is 2.78. The van der Waals surface area contributed by atoms with Gasteiger partial charge in [0.2, 0.25) is 0 Å². The Bertz CT molecular complexity index is 363. The molecule has 1 fully saturated rings. The molecule has 0 aromatic heterocycles. The summed E-state index contributed by atoms with van der Waals surface area (Å²) >= 11 is 0. The third-order valence-corrected chi connectivity index (χ3v) is 4.16. The van der Waals surface area contributed by atoms with Crippen LogP contribution in [0, 0.1) is 5.92 Å². The van der Waals surface area contributed by atoms with E-state index in [0.717, 1.165) is 32.8 Å². The molecule has 20 heavy (non-hydrogen) atoms. The van der Waals surface area contributed by atoms with Crippen molar-refractivity contribution in [1.29, 1.82) is 0 Å². The number of hydrogen-bond donors (Lipinski definition) is 1. The topological polar surface area (TPSA) is 24.5 Å². The van der Waals surface area contributed by atoms with Crippen LogP contribution in [0.3, 0.4) is 0 Å². The first kappa shape index (κ1) is 15.5. The molecule has 2 unspecified atom stereocenters. The Balaban J connectivity index is 1.62. The van der Waals surface area contributed by atoms with E-state index in [1.807, 2.05) is 0 Å². The van der Waals surface area contributed by atoms with E-state index in [-0.39, 0.29) is 0 Å². The molecule has 1 aliphatic heterocycles. The van der Waals surface area contributed by atoms with Crippen LogP contribution in [-0.4, -0.2) is 44.3 Å². The van der Waals surface area contributed by atoms with Gasteiger partial charge in [-0.2, -0.15) is 0 Å². The molecule has 1 aromatic carbocycles. The molecule has 0 bridgehead atoms. The Hall–Kier alpha value is -0.900. The summed E-state index contributed by atoms with van der Waals surface area (Å²) in [6, 6.07) is 11.2. The fourth-order valence-corrected chi connectivity index (χ4v) is 2.78. The van der Waals surface area contributed by atoms with Crippen molar-refractivity contribution in [2.45, 2.75) is 32.4 Å². The van der Waals surface area contributed by atoms with Gasteiger partial charge in [-0.3, -0.25) is 0 Å². The van der Waals surface area contributed by atoms with E-state index in [0.29, 0.717) is 12.0 Å². The van der Waals surface area contributed by atoms with Gasteiger partial charge in [-0.05, 0) is 38.3 Å². The van der Waals surface area contributed by atoms with Crippen LogP contribution in [0.5, 0.6) is 0 Å². The van der Waals surface area contributed by atoms with Crippen LogP contribution in [-0.2, 0) is 11.3 Å². The molecule has 0 aliphatic carbocycles. The van der Waals surface area contributed by atoms with Crippen molar-refractivity contribution in [1.82, 2.24) is 10.2 Å². The zero-order valence-electron chi connectivity index (χ0n) is 12.8. The van der Waals surface area contributed by atoms with E-state index in [4.69, 9.17) is 4.74 Å². The molecule has 0 spiro atoms. The molecule has 3 nitrogen and oxygen atoms in total.